The van der Waals surface area contributed by atoms with Crippen molar-refractivity contribution in [2.24, 2.45) is 0 Å². The van der Waals surface area contributed by atoms with Gasteiger partial charge in [-0.1, -0.05) is 0 Å². The lowest BCUT2D eigenvalue weighted by Gasteiger charge is -2.19. The minimum absolute atomic E-state index is 0.315. The van der Waals surface area contributed by atoms with Crippen molar-refractivity contribution >= 4 is 0 Å². The van der Waals surface area contributed by atoms with Crippen LogP contribution in [0.25, 0.3) is 11.1 Å². The number of aromatic nitrogens is 4. The van der Waals surface area contributed by atoms with Crippen LogP contribution in [-0.4, -0.2) is 19.9 Å². The molecule has 0 spiro atoms. The summed E-state index contributed by atoms with van der Waals surface area (Å²) in [5, 5.41) is 0. The van der Waals surface area contributed by atoms with Gasteiger partial charge in [0, 0.05) is 30.4 Å². The third-order valence-corrected chi connectivity index (χ3v) is 4.62. The summed E-state index contributed by atoms with van der Waals surface area (Å²) >= 11 is 0. The summed E-state index contributed by atoms with van der Waals surface area (Å²) in [5.74, 6) is 1.85. The normalized spacial score (nSPS) is 10.7. The Labute approximate surface area is 175 Å². The molecule has 1 radical (unpaired) electrons. The molecule has 2 aromatic heterocycles. The van der Waals surface area contributed by atoms with Gasteiger partial charge in [-0.25, -0.2) is 15.0 Å². The molecule has 0 aliphatic carbocycles. The molecule has 0 atom stereocenters. The number of aryl methyl sites for hydroxylation is 4. The Bertz CT molecular complexity index is 1160. The Morgan fingerprint density at radius 1 is 0.767 bits per heavy atom. The second-order valence-corrected chi connectivity index (χ2v) is 7.03. The van der Waals surface area contributed by atoms with Crippen molar-refractivity contribution in [1.29, 1.82) is 0 Å². The molecule has 4 rings (SSSR count). The van der Waals surface area contributed by atoms with Crippen LogP contribution >= 0.6 is 0 Å². The highest BCUT2D eigenvalue weighted by atomic mass is 16.5. The summed E-state index contributed by atoms with van der Waals surface area (Å²) in [6.45, 7) is 8.13. The largest absolute Gasteiger partial charge is 0.437 e. The minimum atomic E-state index is 0.315. The number of rotatable bonds is 5. The van der Waals surface area contributed by atoms with E-state index in [1.54, 1.807) is 37.1 Å². The fourth-order valence-electron chi connectivity index (χ4n) is 3.51. The molecule has 4 aromatic rings. The van der Waals surface area contributed by atoms with E-state index >= 15 is 0 Å². The lowest BCUT2D eigenvalue weighted by molar-refractivity contribution is 0.441. The van der Waals surface area contributed by atoms with Crippen molar-refractivity contribution in [3.8, 4) is 34.5 Å². The number of hydrogen-bond donors (Lipinski definition) is 0. The maximum Gasteiger partial charge on any atom is 0.321 e. The van der Waals surface area contributed by atoms with Crippen LogP contribution in [0.4, 0.5) is 0 Å². The molecule has 149 valence electrons. The Hall–Kier alpha value is -3.80. The topological polar surface area (TPSA) is 70.0 Å². The van der Waals surface area contributed by atoms with E-state index < -0.39 is 0 Å². The number of benzene rings is 2. The molecule has 0 saturated carbocycles. The van der Waals surface area contributed by atoms with E-state index in [-0.39, 0.29) is 0 Å². The predicted molar refractivity (Wildman–Crippen MR) is 114 cm³/mol. The van der Waals surface area contributed by atoms with Crippen LogP contribution < -0.4 is 9.47 Å². The van der Waals surface area contributed by atoms with Gasteiger partial charge in [-0.2, -0.15) is 0 Å². The monoisotopic (exact) mass is 397 g/mol. The molecule has 2 heterocycles. The molecule has 0 amide bonds. The first-order valence-corrected chi connectivity index (χ1v) is 9.55. The summed E-state index contributed by atoms with van der Waals surface area (Å²) in [6.07, 6.45) is 8.13. The number of ether oxygens (including phenoxy) is 2. The average molecular weight is 397 g/mol. The molecule has 2 aromatic carbocycles. The molecule has 30 heavy (non-hydrogen) atoms. The molecule has 0 saturated heterocycles. The smallest absolute Gasteiger partial charge is 0.321 e. The van der Waals surface area contributed by atoms with E-state index in [0.29, 0.717) is 17.6 Å². The van der Waals surface area contributed by atoms with Gasteiger partial charge in [-0.3, -0.25) is 4.98 Å². The highest BCUT2D eigenvalue weighted by Crippen LogP contribution is 2.41. The predicted octanol–water partition coefficient (Wildman–Crippen LogP) is 5.55. The van der Waals surface area contributed by atoms with Crippen LogP contribution in [0.5, 0.6) is 23.4 Å². The average Bonchev–Trinajstić information content (AvgIpc) is 2.71. The van der Waals surface area contributed by atoms with E-state index in [1.165, 1.54) is 0 Å². The van der Waals surface area contributed by atoms with Crippen LogP contribution in [0.1, 0.15) is 22.3 Å². The van der Waals surface area contributed by atoms with Gasteiger partial charge in [-0.05, 0) is 85.8 Å². The van der Waals surface area contributed by atoms with Crippen LogP contribution in [0.3, 0.4) is 0 Å². The fraction of sp³-hybridized carbons (Fsp3) is 0.167. The first-order valence-electron chi connectivity index (χ1n) is 9.55. The summed E-state index contributed by atoms with van der Waals surface area (Å²) in [5.41, 5.74) is 6.13. The van der Waals surface area contributed by atoms with Crippen molar-refractivity contribution in [2.75, 3.05) is 0 Å². The quantitative estimate of drug-likeness (QED) is 0.440. The van der Waals surface area contributed by atoms with Crippen molar-refractivity contribution in [3.05, 3.63) is 83.6 Å². The third-order valence-electron chi connectivity index (χ3n) is 4.62. The molecule has 0 aliphatic rings. The summed E-state index contributed by atoms with van der Waals surface area (Å²) in [4.78, 5) is 16.6. The molecule has 0 bridgehead atoms. The Balaban J connectivity index is 1.78. The van der Waals surface area contributed by atoms with Crippen molar-refractivity contribution in [3.63, 3.8) is 0 Å². The number of nitrogens with zero attached hydrogens (tertiary/aromatic N) is 4. The maximum atomic E-state index is 6.12. The SMILES string of the molecule is Cc1[c]c(C)c(-c2c(C)cc(Oc3ncccn3)cc2C)c(Oc2cnccn2)c1. The van der Waals surface area contributed by atoms with Gasteiger partial charge in [0.15, 0.2) is 0 Å². The van der Waals surface area contributed by atoms with E-state index in [4.69, 9.17) is 9.47 Å². The van der Waals surface area contributed by atoms with Crippen molar-refractivity contribution < 1.29 is 9.47 Å². The minimum Gasteiger partial charge on any atom is -0.437 e. The molecule has 0 N–H and O–H groups in total. The van der Waals surface area contributed by atoms with Gasteiger partial charge in [0.2, 0.25) is 5.88 Å². The van der Waals surface area contributed by atoms with Crippen LogP contribution in [0.2, 0.25) is 0 Å². The first kappa shape index (κ1) is 19.5. The Kier molecular flexibility index (Phi) is 5.39. The standard InChI is InChI=1S/C24H21N4O2/c1-15-10-16(2)23(20(11-15)30-21-14-25-8-9-26-21)22-17(3)12-19(13-18(22)4)29-24-27-6-5-7-28-24/h5-9,11-14H,1-4H3. The second kappa shape index (κ2) is 8.29. The van der Waals surface area contributed by atoms with Crippen LogP contribution in [0.15, 0.2) is 55.2 Å². The van der Waals surface area contributed by atoms with Gasteiger partial charge in [0.05, 0.1) is 6.20 Å². The molecule has 0 aliphatic heterocycles. The molecular formula is C24H21N4O2. The lowest BCUT2D eigenvalue weighted by atomic mass is 9.90. The Morgan fingerprint density at radius 3 is 2.17 bits per heavy atom. The molecule has 0 fully saturated rings. The maximum absolute atomic E-state index is 6.12. The van der Waals surface area contributed by atoms with E-state index in [0.717, 1.165) is 39.1 Å². The fourth-order valence-corrected chi connectivity index (χ4v) is 3.51. The van der Waals surface area contributed by atoms with E-state index in [9.17, 15) is 0 Å². The van der Waals surface area contributed by atoms with Gasteiger partial charge in [0.1, 0.15) is 11.5 Å². The van der Waals surface area contributed by atoms with Gasteiger partial charge >= 0.3 is 6.01 Å². The van der Waals surface area contributed by atoms with Gasteiger partial charge in [0.25, 0.3) is 0 Å². The summed E-state index contributed by atoms with van der Waals surface area (Å²) < 4.78 is 11.9. The van der Waals surface area contributed by atoms with Crippen molar-refractivity contribution in [1.82, 2.24) is 19.9 Å². The second-order valence-electron chi connectivity index (χ2n) is 7.03. The first-order chi connectivity index (χ1) is 14.5. The van der Waals surface area contributed by atoms with Crippen LogP contribution in [-0.2, 0) is 0 Å². The molecule has 6 heteroatoms. The Morgan fingerprint density at radius 2 is 1.50 bits per heavy atom. The highest BCUT2D eigenvalue weighted by molar-refractivity contribution is 5.80. The third kappa shape index (κ3) is 4.12. The lowest BCUT2D eigenvalue weighted by Crippen LogP contribution is -1.99. The van der Waals surface area contributed by atoms with Gasteiger partial charge in [-0.15, -0.1) is 0 Å². The summed E-state index contributed by atoms with van der Waals surface area (Å²) in [6, 6.07) is 11.4. The zero-order valence-corrected chi connectivity index (χ0v) is 17.3. The van der Waals surface area contributed by atoms with Crippen molar-refractivity contribution in [2.45, 2.75) is 27.7 Å². The summed E-state index contributed by atoms with van der Waals surface area (Å²) in [7, 11) is 0. The molecule has 0 unspecified atom stereocenters. The van der Waals surface area contributed by atoms with E-state index in [1.807, 2.05) is 45.9 Å². The van der Waals surface area contributed by atoms with E-state index in [2.05, 4.69) is 26.0 Å². The highest BCUT2D eigenvalue weighted by Gasteiger charge is 2.18. The van der Waals surface area contributed by atoms with Crippen LogP contribution in [0, 0.1) is 33.8 Å². The molecule has 6 nitrogen and oxygen atoms in total. The van der Waals surface area contributed by atoms with Gasteiger partial charge < -0.3 is 9.47 Å². The molecular weight excluding hydrogens is 376 g/mol. The zero-order chi connectivity index (χ0) is 21.1. The number of hydrogen-bond acceptors (Lipinski definition) is 6. The zero-order valence-electron chi connectivity index (χ0n) is 17.3.